The Morgan fingerprint density at radius 1 is 1.19 bits per heavy atom. The van der Waals surface area contributed by atoms with Crippen molar-refractivity contribution in [3.63, 3.8) is 0 Å². The van der Waals surface area contributed by atoms with Crippen molar-refractivity contribution in [2.75, 3.05) is 0 Å². The molecule has 0 bridgehead atoms. The molecule has 0 amide bonds. The van der Waals surface area contributed by atoms with E-state index >= 15 is 0 Å². The number of ketones is 1. The van der Waals surface area contributed by atoms with Crippen LogP contribution in [0.5, 0.6) is 5.75 Å². The summed E-state index contributed by atoms with van der Waals surface area (Å²) in [5.74, 6) is 0.208. The van der Waals surface area contributed by atoms with Crippen molar-refractivity contribution in [1.29, 1.82) is 0 Å². The van der Waals surface area contributed by atoms with Gasteiger partial charge in [0.1, 0.15) is 24.0 Å². The molecule has 2 aromatic rings. The maximum Gasteiger partial charge on any atom is 0.145 e. The summed E-state index contributed by atoms with van der Waals surface area (Å²) < 4.78 is 20.4. The number of halogens is 2. The van der Waals surface area contributed by atoms with Gasteiger partial charge in [0.2, 0.25) is 0 Å². The number of aryl methyl sites for hydroxylation is 1. The van der Waals surface area contributed by atoms with Crippen LogP contribution in [-0.2, 0) is 24.2 Å². The summed E-state index contributed by atoms with van der Waals surface area (Å²) in [7, 11) is 0. The Hall–Kier alpha value is -1.68. The van der Waals surface area contributed by atoms with E-state index in [9.17, 15) is 9.18 Å². The van der Waals surface area contributed by atoms with Gasteiger partial charge in [-0.3, -0.25) is 4.79 Å². The molecule has 0 N–H and O–H groups in total. The lowest BCUT2D eigenvalue weighted by atomic mass is 9.90. The largest absolute Gasteiger partial charge is 0.488 e. The fourth-order valence-corrected chi connectivity index (χ4v) is 2.97. The summed E-state index contributed by atoms with van der Waals surface area (Å²) in [6.45, 7) is 0.386. The van der Waals surface area contributed by atoms with Crippen LogP contribution in [-0.4, -0.2) is 5.78 Å². The van der Waals surface area contributed by atoms with Gasteiger partial charge in [0.05, 0.1) is 4.47 Å². The van der Waals surface area contributed by atoms with Crippen molar-refractivity contribution in [1.82, 2.24) is 0 Å². The summed E-state index contributed by atoms with van der Waals surface area (Å²) >= 11 is 3.24. The minimum absolute atomic E-state index is 0.0891. The lowest BCUT2D eigenvalue weighted by Gasteiger charge is -2.19. The highest BCUT2D eigenvalue weighted by Gasteiger charge is 2.23. The van der Waals surface area contributed by atoms with Gasteiger partial charge < -0.3 is 4.74 Å². The highest BCUT2D eigenvalue weighted by Crippen LogP contribution is 2.35. The molecule has 0 aliphatic heterocycles. The first-order chi connectivity index (χ1) is 10.1. The SMILES string of the molecule is O=C1CCc2cc(OCc3ccccc3)c(Br)c(F)c2C1. The van der Waals surface area contributed by atoms with Crippen LogP contribution >= 0.6 is 15.9 Å². The minimum Gasteiger partial charge on any atom is -0.488 e. The molecule has 0 aromatic heterocycles. The first-order valence-electron chi connectivity index (χ1n) is 6.83. The third-order valence-electron chi connectivity index (χ3n) is 3.65. The molecule has 0 unspecified atom stereocenters. The Bertz CT molecular complexity index is 683. The molecular formula is C17H14BrFO2. The molecule has 21 heavy (non-hydrogen) atoms. The fourth-order valence-electron chi connectivity index (χ4n) is 2.50. The number of hydrogen-bond donors (Lipinski definition) is 0. The fraction of sp³-hybridized carbons (Fsp3) is 0.235. The number of carbonyl (C=O) groups excluding carboxylic acids is 1. The van der Waals surface area contributed by atoms with Crippen LogP contribution in [0, 0.1) is 5.82 Å². The zero-order valence-electron chi connectivity index (χ0n) is 11.4. The summed E-state index contributed by atoms with van der Waals surface area (Å²) in [5.41, 5.74) is 2.40. The van der Waals surface area contributed by atoms with Gasteiger partial charge in [0, 0.05) is 12.8 Å². The van der Waals surface area contributed by atoms with E-state index in [4.69, 9.17) is 4.74 Å². The normalized spacial score (nSPS) is 13.9. The van der Waals surface area contributed by atoms with E-state index in [0.717, 1.165) is 11.1 Å². The van der Waals surface area contributed by atoms with E-state index in [1.54, 1.807) is 0 Å². The Kier molecular flexibility index (Phi) is 4.06. The molecule has 1 aliphatic carbocycles. The first-order valence-corrected chi connectivity index (χ1v) is 7.62. The monoisotopic (exact) mass is 348 g/mol. The van der Waals surface area contributed by atoms with E-state index in [1.165, 1.54) is 0 Å². The summed E-state index contributed by atoms with van der Waals surface area (Å²) in [5, 5.41) is 0. The van der Waals surface area contributed by atoms with Crippen LogP contribution < -0.4 is 4.74 Å². The predicted octanol–water partition coefficient (Wildman–Crippen LogP) is 4.23. The van der Waals surface area contributed by atoms with Crippen LogP contribution in [0.1, 0.15) is 23.1 Å². The maximum absolute atomic E-state index is 14.4. The zero-order chi connectivity index (χ0) is 14.8. The van der Waals surface area contributed by atoms with Gasteiger partial charge in [-0.05, 0) is 45.1 Å². The van der Waals surface area contributed by atoms with E-state index < -0.39 is 0 Å². The molecule has 0 spiro atoms. The molecule has 0 heterocycles. The Morgan fingerprint density at radius 3 is 2.71 bits per heavy atom. The molecule has 0 saturated heterocycles. The predicted molar refractivity (Wildman–Crippen MR) is 81.9 cm³/mol. The molecule has 3 rings (SSSR count). The van der Waals surface area contributed by atoms with Crippen molar-refractivity contribution in [2.24, 2.45) is 0 Å². The highest BCUT2D eigenvalue weighted by atomic mass is 79.9. The molecule has 0 fully saturated rings. The molecule has 0 atom stereocenters. The molecule has 4 heteroatoms. The Labute approximate surface area is 131 Å². The number of carbonyl (C=O) groups is 1. The van der Waals surface area contributed by atoms with Gasteiger partial charge in [0.15, 0.2) is 0 Å². The molecular weight excluding hydrogens is 335 g/mol. The molecule has 1 aliphatic rings. The van der Waals surface area contributed by atoms with E-state index in [2.05, 4.69) is 15.9 Å². The van der Waals surface area contributed by atoms with Crippen molar-refractivity contribution in [2.45, 2.75) is 25.9 Å². The summed E-state index contributed by atoms with van der Waals surface area (Å²) in [4.78, 5) is 11.5. The summed E-state index contributed by atoms with van der Waals surface area (Å²) in [6.07, 6.45) is 1.24. The standard InChI is InChI=1S/C17H14BrFO2/c18-16-15(21-10-11-4-2-1-3-5-11)8-12-6-7-13(20)9-14(12)17(16)19/h1-5,8H,6-7,9-10H2. The number of ether oxygens (including phenoxy) is 1. The number of fused-ring (bicyclic) bond motifs is 1. The molecule has 2 nitrogen and oxygen atoms in total. The van der Waals surface area contributed by atoms with E-state index in [0.29, 0.717) is 35.2 Å². The lowest BCUT2D eigenvalue weighted by molar-refractivity contribution is -0.118. The first kappa shape index (κ1) is 14.3. The molecule has 108 valence electrons. The third-order valence-corrected chi connectivity index (χ3v) is 4.39. The van der Waals surface area contributed by atoms with Gasteiger partial charge in [0.25, 0.3) is 0 Å². The number of benzene rings is 2. The average molecular weight is 349 g/mol. The van der Waals surface area contributed by atoms with Crippen LogP contribution in [0.4, 0.5) is 4.39 Å². The third kappa shape index (κ3) is 3.00. The van der Waals surface area contributed by atoms with Crippen molar-refractivity contribution < 1.29 is 13.9 Å². The van der Waals surface area contributed by atoms with Gasteiger partial charge in [-0.1, -0.05) is 30.3 Å². The smallest absolute Gasteiger partial charge is 0.145 e. The topological polar surface area (TPSA) is 26.3 Å². The van der Waals surface area contributed by atoms with Crippen molar-refractivity contribution in [3.05, 3.63) is 63.4 Å². The van der Waals surface area contributed by atoms with E-state index in [1.807, 2.05) is 36.4 Å². The van der Waals surface area contributed by atoms with Crippen LogP contribution in [0.3, 0.4) is 0 Å². The molecule has 2 aromatic carbocycles. The second-order valence-corrected chi connectivity index (χ2v) is 5.92. The quantitative estimate of drug-likeness (QED) is 0.829. The van der Waals surface area contributed by atoms with Crippen LogP contribution in [0.15, 0.2) is 40.9 Å². The average Bonchev–Trinajstić information content (AvgIpc) is 2.51. The Balaban J connectivity index is 1.86. The second-order valence-electron chi connectivity index (χ2n) is 5.13. The van der Waals surface area contributed by atoms with Crippen molar-refractivity contribution in [3.8, 4) is 5.75 Å². The second kappa shape index (κ2) is 5.98. The molecule has 0 saturated carbocycles. The number of hydrogen-bond acceptors (Lipinski definition) is 2. The van der Waals surface area contributed by atoms with Crippen LogP contribution in [0.25, 0.3) is 0 Å². The van der Waals surface area contributed by atoms with Gasteiger partial charge >= 0.3 is 0 Å². The van der Waals surface area contributed by atoms with Crippen molar-refractivity contribution >= 4 is 21.7 Å². The highest BCUT2D eigenvalue weighted by molar-refractivity contribution is 9.10. The Morgan fingerprint density at radius 2 is 1.95 bits per heavy atom. The van der Waals surface area contributed by atoms with Gasteiger partial charge in [-0.15, -0.1) is 0 Å². The zero-order valence-corrected chi connectivity index (χ0v) is 13.0. The van der Waals surface area contributed by atoms with Gasteiger partial charge in [-0.25, -0.2) is 4.39 Å². The summed E-state index contributed by atoms with van der Waals surface area (Å²) in [6, 6.07) is 11.6. The molecule has 0 radical (unpaired) electrons. The van der Waals surface area contributed by atoms with Crippen LogP contribution in [0.2, 0.25) is 0 Å². The number of rotatable bonds is 3. The van der Waals surface area contributed by atoms with Gasteiger partial charge in [-0.2, -0.15) is 0 Å². The number of Topliss-reactive ketones (excluding diaryl/α,β-unsaturated/α-hetero) is 1. The minimum atomic E-state index is -0.372. The lowest BCUT2D eigenvalue weighted by Crippen LogP contribution is -2.15. The van der Waals surface area contributed by atoms with E-state index in [-0.39, 0.29) is 18.0 Å². The maximum atomic E-state index is 14.4.